The van der Waals surface area contributed by atoms with Crippen molar-refractivity contribution < 1.29 is 4.74 Å². The molecule has 0 fully saturated rings. The summed E-state index contributed by atoms with van der Waals surface area (Å²) in [6.07, 6.45) is 1.62. The highest BCUT2D eigenvalue weighted by Crippen LogP contribution is 2.07. The molecule has 2 rings (SSSR count). The van der Waals surface area contributed by atoms with Crippen molar-refractivity contribution in [3.8, 4) is 6.01 Å². The molecule has 0 unspecified atom stereocenters. The van der Waals surface area contributed by atoms with Gasteiger partial charge in [0.15, 0.2) is 0 Å². The minimum atomic E-state index is 0.409. The zero-order chi connectivity index (χ0) is 12.1. The Balaban J connectivity index is 1.90. The van der Waals surface area contributed by atoms with Gasteiger partial charge in [-0.3, -0.25) is 4.68 Å². The topological polar surface area (TPSA) is 52.0 Å². The molecule has 0 aliphatic rings. The van der Waals surface area contributed by atoms with Crippen molar-refractivity contribution in [2.45, 2.75) is 13.2 Å². The molecule has 0 aliphatic carbocycles. The normalized spacial score (nSPS) is 10.5. The van der Waals surface area contributed by atoms with E-state index in [-0.39, 0.29) is 0 Å². The summed E-state index contributed by atoms with van der Waals surface area (Å²) in [7, 11) is 3.75. The van der Waals surface area contributed by atoms with E-state index in [0.29, 0.717) is 12.6 Å². The van der Waals surface area contributed by atoms with Gasteiger partial charge in [0.1, 0.15) is 12.9 Å². The predicted octanol–water partition coefficient (Wildman–Crippen LogP) is 1.11. The Morgan fingerprint density at radius 2 is 1.94 bits per heavy atom. The molecule has 1 aromatic carbocycles. The molecule has 0 spiro atoms. The summed E-state index contributed by atoms with van der Waals surface area (Å²) in [5, 5.41) is 7.16. The Morgan fingerprint density at radius 1 is 1.24 bits per heavy atom. The number of aromatic nitrogens is 3. The van der Waals surface area contributed by atoms with Gasteiger partial charge < -0.3 is 10.1 Å². The van der Waals surface area contributed by atoms with Gasteiger partial charge in [0.05, 0.1) is 0 Å². The third kappa shape index (κ3) is 3.29. The lowest BCUT2D eigenvalue weighted by molar-refractivity contribution is 0.280. The second-order valence-corrected chi connectivity index (χ2v) is 3.84. The molecular formula is C12H16N4O. The molecular weight excluding hydrogens is 216 g/mol. The molecule has 0 amide bonds. The zero-order valence-corrected chi connectivity index (χ0v) is 10.1. The minimum absolute atomic E-state index is 0.409. The van der Waals surface area contributed by atoms with Crippen LogP contribution in [0.1, 0.15) is 11.1 Å². The number of nitrogens with zero attached hydrogens (tertiary/aromatic N) is 3. The second kappa shape index (κ2) is 5.45. The Kier molecular flexibility index (Phi) is 3.72. The molecule has 5 heteroatoms. The number of hydrogen-bond acceptors (Lipinski definition) is 4. The average Bonchev–Trinajstić information content (AvgIpc) is 2.75. The van der Waals surface area contributed by atoms with Gasteiger partial charge in [0, 0.05) is 13.6 Å². The quantitative estimate of drug-likeness (QED) is 0.839. The van der Waals surface area contributed by atoms with Crippen LogP contribution in [0.2, 0.25) is 0 Å². The fourth-order valence-corrected chi connectivity index (χ4v) is 1.49. The van der Waals surface area contributed by atoms with Crippen LogP contribution >= 0.6 is 0 Å². The van der Waals surface area contributed by atoms with Crippen molar-refractivity contribution in [1.29, 1.82) is 0 Å². The van der Waals surface area contributed by atoms with E-state index >= 15 is 0 Å². The Hall–Kier alpha value is -1.88. The Bertz CT molecular complexity index is 464. The van der Waals surface area contributed by atoms with Crippen LogP contribution in [0.5, 0.6) is 6.01 Å². The Morgan fingerprint density at radius 3 is 2.53 bits per heavy atom. The molecule has 1 aromatic heterocycles. The van der Waals surface area contributed by atoms with E-state index in [2.05, 4.69) is 39.7 Å². The molecule has 90 valence electrons. The number of aryl methyl sites for hydroxylation is 1. The first-order chi connectivity index (χ1) is 8.28. The third-order valence-electron chi connectivity index (χ3n) is 2.35. The highest BCUT2D eigenvalue weighted by Gasteiger charge is 2.00. The maximum Gasteiger partial charge on any atom is 0.335 e. The van der Waals surface area contributed by atoms with E-state index < -0.39 is 0 Å². The number of ether oxygens (including phenoxy) is 1. The number of hydrogen-bond donors (Lipinski definition) is 1. The fraction of sp³-hybridized carbons (Fsp3) is 0.333. The van der Waals surface area contributed by atoms with Gasteiger partial charge in [-0.05, 0) is 18.2 Å². The van der Waals surface area contributed by atoms with Crippen LogP contribution in [-0.4, -0.2) is 21.8 Å². The van der Waals surface area contributed by atoms with Crippen LogP contribution in [-0.2, 0) is 20.2 Å². The smallest absolute Gasteiger partial charge is 0.335 e. The summed E-state index contributed by atoms with van der Waals surface area (Å²) >= 11 is 0. The molecule has 0 aliphatic heterocycles. The van der Waals surface area contributed by atoms with Crippen molar-refractivity contribution >= 4 is 0 Å². The average molecular weight is 232 g/mol. The van der Waals surface area contributed by atoms with Gasteiger partial charge in [-0.2, -0.15) is 4.98 Å². The van der Waals surface area contributed by atoms with Crippen molar-refractivity contribution in [1.82, 2.24) is 20.1 Å². The summed E-state index contributed by atoms with van der Waals surface area (Å²) in [5.41, 5.74) is 2.37. The second-order valence-electron chi connectivity index (χ2n) is 3.84. The summed E-state index contributed by atoms with van der Waals surface area (Å²) in [5.74, 6) is 0. The maximum atomic E-state index is 5.45. The first-order valence-electron chi connectivity index (χ1n) is 5.49. The highest BCUT2D eigenvalue weighted by molar-refractivity contribution is 5.22. The SMILES string of the molecule is CNCc1ccc(COc2ncn(C)n2)cc1. The monoisotopic (exact) mass is 232 g/mol. The van der Waals surface area contributed by atoms with Gasteiger partial charge in [0.2, 0.25) is 0 Å². The summed E-state index contributed by atoms with van der Waals surface area (Å²) in [6.45, 7) is 1.37. The van der Waals surface area contributed by atoms with E-state index in [1.54, 1.807) is 11.0 Å². The molecule has 0 saturated heterocycles. The minimum Gasteiger partial charge on any atom is -0.458 e. The highest BCUT2D eigenvalue weighted by atomic mass is 16.5. The Labute approximate surface area is 100 Å². The lowest BCUT2D eigenvalue weighted by Crippen LogP contribution is -2.05. The molecule has 2 aromatic rings. The standard InChI is InChI=1S/C12H16N4O/c1-13-7-10-3-5-11(6-4-10)8-17-12-14-9-16(2)15-12/h3-6,9,13H,7-8H2,1-2H3. The van der Waals surface area contributed by atoms with E-state index in [1.165, 1.54) is 5.56 Å². The van der Waals surface area contributed by atoms with Crippen LogP contribution in [0.15, 0.2) is 30.6 Å². The lowest BCUT2D eigenvalue weighted by atomic mass is 10.1. The molecule has 1 N–H and O–H groups in total. The third-order valence-corrected chi connectivity index (χ3v) is 2.35. The molecule has 0 atom stereocenters. The van der Waals surface area contributed by atoms with E-state index in [9.17, 15) is 0 Å². The molecule has 1 heterocycles. The van der Waals surface area contributed by atoms with E-state index in [1.807, 2.05) is 14.1 Å². The fourth-order valence-electron chi connectivity index (χ4n) is 1.49. The van der Waals surface area contributed by atoms with Crippen LogP contribution in [0.3, 0.4) is 0 Å². The van der Waals surface area contributed by atoms with Crippen molar-refractivity contribution in [3.05, 3.63) is 41.7 Å². The molecule has 0 radical (unpaired) electrons. The van der Waals surface area contributed by atoms with Crippen LogP contribution in [0.4, 0.5) is 0 Å². The van der Waals surface area contributed by atoms with E-state index in [0.717, 1.165) is 12.1 Å². The lowest BCUT2D eigenvalue weighted by Gasteiger charge is -2.04. The first-order valence-corrected chi connectivity index (χ1v) is 5.49. The summed E-state index contributed by atoms with van der Waals surface area (Å²) in [4.78, 5) is 4.00. The van der Waals surface area contributed by atoms with Gasteiger partial charge in [0.25, 0.3) is 0 Å². The van der Waals surface area contributed by atoms with Gasteiger partial charge in [-0.15, -0.1) is 5.10 Å². The molecule has 0 saturated carbocycles. The van der Waals surface area contributed by atoms with Crippen LogP contribution in [0, 0.1) is 0 Å². The van der Waals surface area contributed by atoms with Crippen molar-refractivity contribution in [2.75, 3.05) is 7.05 Å². The van der Waals surface area contributed by atoms with Crippen molar-refractivity contribution in [2.24, 2.45) is 7.05 Å². The molecule has 5 nitrogen and oxygen atoms in total. The zero-order valence-electron chi connectivity index (χ0n) is 10.1. The predicted molar refractivity (Wildman–Crippen MR) is 64.5 cm³/mol. The number of nitrogens with one attached hydrogen (secondary N) is 1. The molecule has 0 bridgehead atoms. The van der Waals surface area contributed by atoms with Crippen LogP contribution < -0.4 is 10.1 Å². The van der Waals surface area contributed by atoms with Gasteiger partial charge in [-0.1, -0.05) is 24.3 Å². The van der Waals surface area contributed by atoms with Crippen molar-refractivity contribution in [3.63, 3.8) is 0 Å². The number of rotatable bonds is 5. The number of benzene rings is 1. The summed E-state index contributed by atoms with van der Waals surface area (Å²) in [6, 6.07) is 8.68. The van der Waals surface area contributed by atoms with Gasteiger partial charge in [-0.25, -0.2) is 0 Å². The van der Waals surface area contributed by atoms with Gasteiger partial charge >= 0.3 is 6.01 Å². The largest absolute Gasteiger partial charge is 0.458 e. The maximum absolute atomic E-state index is 5.45. The van der Waals surface area contributed by atoms with E-state index in [4.69, 9.17) is 4.74 Å². The first kappa shape index (κ1) is 11.6. The molecule has 17 heavy (non-hydrogen) atoms. The van der Waals surface area contributed by atoms with Crippen LogP contribution in [0.25, 0.3) is 0 Å². The summed E-state index contributed by atoms with van der Waals surface area (Å²) < 4.78 is 7.07.